The molecule has 2 rings (SSSR count). The van der Waals surface area contributed by atoms with Crippen molar-refractivity contribution in [3.63, 3.8) is 0 Å². The lowest BCUT2D eigenvalue weighted by molar-refractivity contribution is -0.385. The van der Waals surface area contributed by atoms with Crippen LogP contribution in [0.2, 0.25) is 0 Å². The van der Waals surface area contributed by atoms with E-state index in [1.807, 2.05) is 0 Å². The summed E-state index contributed by atoms with van der Waals surface area (Å²) in [7, 11) is 0. The van der Waals surface area contributed by atoms with Crippen molar-refractivity contribution >= 4 is 29.6 Å². The molecule has 2 atom stereocenters. The average Bonchev–Trinajstić information content (AvgIpc) is 2.83. The minimum atomic E-state index is -1.02. The third kappa shape index (κ3) is 6.82. The van der Waals surface area contributed by atoms with E-state index in [0.29, 0.717) is 12.3 Å². The van der Waals surface area contributed by atoms with Gasteiger partial charge in [-0.15, -0.1) is 0 Å². The number of esters is 2. The Morgan fingerprint density at radius 1 is 1.14 bits per heavy atom. The van der Waals surface area contributed by atoms with Gasteiger partial charge in [-0.3, -0.25) is 24.9 Å². The van der Waals surface area contributed by atoms with E-state index in [-0.39, 0.29) is 35.7 Å². The molecule has 10 nitrogen and oxygen atoms in total. The maximum atomic E-state index is 13.2. The number of nitrogens with zero attached hydrogens (tertiary/aromatic N) is 4. The first kappa shape index (κ1) is 27.8. The standard InChI is InChI=1S/C25H34N4O6/c1-6-28(7-2)15-14-26-16-19-23(25(31)35-9-4)22(18-12-10-11-13-20(18)29(32)33)21(17(5)27-19)24(30)34-8-3/h10-13,16,21-22H,6-9,14-15H2,1-5H3. The maximum absolute atomic E-state index is 13.2. The number of carbonyl (C=O) groups excluding carboxylic acids is 2. The molecule has 190 valence electrons. The van der Waals surface area contributed by atoms with E-state index in [1.54, 1.807) is 32.9 Å². The lowest BCUT2D eigenvalue weighted by Crippen LogP contribution is -2.37. The fraction of sp³-hybridized carbons (Fsp3) is 0.520. The normalized spacial score (nSPS) is 18.1. The van der Waals surface area contributed by atoms with E-state index in [4.69, 9.17) is 9.47 Å². The Hall–Kier alpha value is -3.40. The number of rotatable bonds is 12. The molecule has 0 radical (unpaired) electrons. The summed E-state index contributed by atoms with van der Waals surface area (Å²) in [5, 5.41) is 11.9. The molecule has 1 aliphatic heterocycles. The van der Waals surface area contributed by atoms with Crippen LogP contribution < -0.4 is 0 Å². The molecule has 1 aliphatic rings. The van der Waals surface area contributed by atoms with Crippen LogP contribution >= 0.6 is 0 Å². The van der Waals surface area contributed by atoms with Gasteiger partial charge in [0.05, 0.1) is 36.0 Å². The largest absolute Gasteiger partial charge is 0.465 e. The van der Waals surface area contributed by atoms with Gasteiger partial charge in [-0.25, -0.2) is 4.79 Å². The number of carbonyl (C=O) groups is 2. The van der Waals surface area contributed by atoms with Crippen molar-refractivity contribution in [2.75, 3.05) is 39.4 Å². The Morgan fingerprint density at radius 2 is 1.80 bits per heavy atom. The molecule has 0 aliphatic carbocycles. The number of hydrogen-bond acceptors (Lipinski definition) is 9. The molecule has 1 aromatic rings. The summed E-state index contributed by atoms with van der Waals surface area (Å²) in [6, 6.07) is 6.06. The first-order chi connectivity index (χ1) is 16.8. The van der Waals surface area contributed by atoms with Crippen molar-refractivity contribution in [3.8, 4) is 0 Å². The predicted molar refractivity (Wildman–Crippen MR) is 134 cm³/mol. The van der Waals surface area contributed by atoms with Crippen LogP contribution in [-0.2, 0) is 19.1 Å². The number of para-hydroxylation sites is 1. The Labute approximate surface area is 205 Å². The quantitative estimate of drug-likeness (QED) is 0.191. The SMILES string of the molecule is CCOC(=O)C1=C(C=NCCN(CC)CC)N=C(C)C(C(=O)OCC)C1c1ccccc1[N+](=O)[O-]. The predicted octanol–water partition coefficient (Wildman–Crippen LogP) is 3.56. The second-order valence-electron chi connectivity index (χ2n) is 7.86. The van der Waals surface area contributed by atoms with E-state index in [1.165, 1.54) is 18.3 Å². The van der Waals surface area contributed by atoms with Crippen LogP contribution in [0, 0.1) is 16.0 Å². The Morgan fingerprint density at radius 3 is 2.40 bits per heavy atom. The summed E-state index contributed by atoms with van der Waals surface area (Å²) in [4.78, 5) is 48.7. The molecule has 0 spiro atoms. The molecule has 35 heavy (non-hydrogen) atoms. The Balaban J connectivity index is 2.69. The number of nitro benzene ring substituents is 1. The topological polar surface area (TPSA) is 124 Å². The molecule has 0 amide bonds. The van der Waals surface area contributed by atoms with Gasteiger partial charge in [0, 0.05) is 36.0 Å². The summed E-state index contributed by atoms with van der Waals surface area (Å²) < 4.78 is 10.6. The zero-order chi connectivity index (χ0) is 26.0. The molecule has 0 bridgehead atoms. The van der Waals surface area contributed by atoms with E-state index in [0.717, 1.165) is 19.6 Å². The number of allylic oxidation sites excluding steroid dienone is 1. The summed E-state index contributed by atoms with van der Waals surface area (Å²) in [5.74, 6) is -3.36. The first-order valence-corrected chi connectivity index (χ1v) is 11.9. The van der Waals surface area contributed by atoms with Crippen LogP contribution in [0.1, 0.15) is 46.1 Å². The second-order valence-corrected chi connectivity index (χ2v) is 7.86. The second kappa shape index (κ2) is 13.5. The van der Waals surface area contributed by atoms with Crippen LogP contribution in [-0.4, -0.2) is 73.1 Å². The minimum absolute atomic E-state index is 0.0522. The van der Waals surface area contributed by atoms with Gasteiger partial charge in [-0.05, 0) is 33.9 Å². The minimum Gasteiger partial charge on any atom is -0.465 e. The molecule has 1 aromatic carbocycles. The molecule has 0 saturated heterocycles. The van der Waals surface area contributed by atoms with E-state index >= 15 is 0 Å². The van der Waals surface area contributed by atoms with E-state index in [2.05, 4.69) is 28.7 Å². The van der Waals surface area contributed by atoms with Crippen LogP contribution in [0.5, 0.6) is 0 Å². The van der Waals surface area contributed by atoms with Crippen LogP contribution in [0.3, 0.4) is 0 Å². The molecule has 0 aromatic heterocycles. The molecular formula is C25H34N4O6. The summed E-state index contributed by atoms with van der Waals surface area (Å²) >= 11 is 0. The number of nitro groups is 1. The number of ether oxygens (including phenoxy) is 2. The molecule has 2 unspecified atom stereocenters. The van der Waals surface area contributed by atoms with Crippen molar-refractivity contribution in [1.82, 2.24) is 4.90 Å². The summed E-state index contributed by atoms with van der Waals surface area (Å²) in [6.45, 7) is 12.3. The van der Waals surface area contributed by atoms with Crippen LogP contribution in [0.15, 0.2) is 45.5 Å². The third-order valence-electron chi connectivity index (χ3n) is 5.82. The monoisotopic (exact) mass is 486 g/mol. The highest BCUT2D eigenvalue weighted by Crippen LogP contribution is 2.43. The zero-order valence-electron chi connectivity index (χ0n) is 21.0. The Kier molecular flexibility index (Phi) is 10.7. The van der Waals surface area contributed by atoms with Crippen molar-refractivity contribution in [2.24, 2.45) is 15.9 Å². The summed E-state index contributed by atoms with van der Waals surface area (Å²) in [5.41, 5.74) is 0.661. The lowest BCUT2D eigenvalue weighted by Gasteiger charge is -2.31. The van der Waals surface area contributed by atoms with Gasteiger partial charge in [-0.1, -0.05) is 32.0 Å². The average molecular weight is 487 g/mol. The van der Waals surface area contributed by atoms with Crippen LogP contribution in [0.4, 0.5) is 5.69 Å². The lowest BCUT2D eigenvalue weighted by atomic mass is 9.75. The van der Waals surface area contributed by atoms with Gasteiger partial charge in [0.15, 0.2) is 0 Å². The Bertz CT molecular complexity index is 1010. The number of hydrogen-bond donors (Lipinski definition) is 0. The van der Waals surface area contributed by atoms with Crippen molar-refractivity contribution in [3.05, 3.63) is 51.2 Å². The smallest absolute Gasteiger partial charge is 0.336 e. The molecular weight excluding hydrogens is 452 g/mol. The van der Waals surface area contributed by atoms with Crippen molar-refractivity contribution < 1.29 is 24.0 Å². The van der Waals surface area contributed by atoms with E-state index < -0.39 is 28.7 Å². The molecule has 1 heterocycles. The molecule has 0 N–H and O–H groups in total. The number of likely N-dealkylation sites (N-methyl/N-ethyl adjacent to an activating group) is 1. The van der Waals surface area contributed by atoms with Gasteiger partial charge in [0.1, 0.15) is 5.92 Å². The van der Waals surface area contributed by atoms with E-state index in [9.17, 15) is 19.7 Å². The molecule has 0 fully saturated rings. The van der Waals surface area contributed by atoms with Gasteiger partial charge < -0.3 is 14.4 Å². The molecule has 10 heteroatoms. The highest BCUT2D eigenvalue weighted by molar-refractivity contribution is 6.10. The number of benzene rings is 1. The van der Waals surface area contributed by atoms with Gasteiger partial charge in [-0.2, -0.15) is 0 Å². The zero-order valence-corrected chi connectivity index (χ0v) is 21.0. The van der Waals surface area contributed by atoms with Gasteiger partial charge in [0.2, 0.25) is 0 Å². The van der Waals surface area contributed by atoms with Crippen LogP contribution in [0.25, 0.3) is 0 Å². The van der Waals surface area contributed by atoms with Crippen molar-refractivity contribution in [2.45, 2.75) is 40.5 Å². The van der Waals surface area contributed by atoms with Crippen molar-refractivity contribution in [1.29, 1.82) is 0 Å². The summed E-state index contributed by atoms with van der Waals surface area (Å²) in [6.07, 6.45) is 1.49. The fourth-order valence-corrected chi connectivity index (χ4v) is 4.11. The highest BCUT2D eigenvalue weighted by atomic mass is 16.6. The fourth-order valence-electron chi connectivity index (χ4n) is 4.11. The third-order valence-corrected chi connectivity index (χ3v) is 5.82. The first-order valence-electron chi connectivity index (χ1n) is 11.9. The number of aliphatic imine (C=N–C) groups is 2. The van der Waals surface area contributed by atoms with Gasteiger partial charge >= 0.3 is 11.9 Å². The molecule has 0 saturated carbocycles. The van der Waals surface area contributed by atoms with Gasteiger partial charge in [0.25, 0.3) is 5.69 Å². The highest BCUT2D eigenvalue weighted by Gasteiger charge is 2.45. The maximum Gasteiger partial charge on any atom is 0.336 e.